The normalized spacial score (nSPS) is 11.2. The summed E-state index contributed by atoms with van der Waals surface area (Å²) in [6.45, 7) is 0. The molecule has 70 valence electrons. The lowest BCUT2D eigenvalue weighted by Gasteiger charge is -2.02. The summed E-state index contributed by atoms with van der Waals surface area (Å²) in [5.41, 5.74) is -0.103. The molecular weight excluding hydrogens is 194 g/mol. The van der Waals surface area contributed by atoms with Gasteiger partial charge in [0.25, 0.3) is 0 Å². The first-order valence-corrected chi connectivity index (χ1v) is 5.18. The third-order valence-electron chi connectivity index (χ3n) is 1.47. The van der Waals surface area contributed by atoms with Gasteiger partial charge in [0.05, 0.1) is 17.6 Å². The highest BCUT2D eigenvalue weighted by Crippen LogP contribution is 2.08. The van der Waals surface area contributed by atoms with Crippen LogP contribution in [0.25, 0.3) is 0 Å². The maximum atomic E-state index is 11.1. The maximum Gasteiger partial charge on any atom is 0.236 e. The van der Waals surface area contributed by atoms with E-state index in [-0.39, 0.29) is 11.4 Å². The molecule has 1 rings (SSSR count). The highest BCUT2D eigenvalue weighted by atomic mass is 32.2. The first kappa shape index (κ1) is 9.66. The van der Waals surface area contributed by atoms with Crippen LogP contribution in [-0.2, 0) is 10.0 Å². The van der Waals surface area contributed by atoms with Crippen LogP contribution in [0.4, 0.5) is 0 Å². The van der Waals surface area contributed by atoms with E-state index in [1.54, 1.807) is 0 Å². The Bertz CT molecular complexity index is 418. The number of carbonyl (C=O) groups is 2. The summed E-state index contributed by atoms with van der Waals surface area (Å²) in [4.78, 5) is 20.8. The van der Waals surface area contributed by atoms with Crippen LogP contribution in [0.15, 0.2) is 12.1 Å². The smallest absolute Gasteiger partial charge is 0.236 e. The van der Waals surface area contributed by atoms with Crippen molar-refractivity contribution in [2.75, 3.05) is 6.26 Å². The quantitative estimate of drug-likeness (QED) is 0.641. The molecule has 5 nitrogen and oxygen atoms in total. The van der Waals surface area contributed by atoms with Gasteiger partial charge in [0.2, 0.25) is 10.0 Å². The molecule has 1 heterocycles. The molecule has 0 radical (unpaired) electrons. The van der Waals surface area contributed by atoms with E-state index in [1.165, 1.54) is 12.1 Å². The molecular formula is C7H7NO4S. The van der Waals surface area contributed by atoms with Crippen molar-refractivity contribution in [3.05, 3.63) is 23.5 Å². The number of hydrogen-bond acceptors (Lipinski definition) is 4. The highest BCUT2D eigenvalue weighted by molar-refractivity contribution is 7.89. The van der Waals surface area contributed by atoms with Crippen LogP contribution in [-0.4, -0.2) is 31.2 Å². The number of carbonyl (C=O) groups excluding carboxylic acids is 2. The number of nitrogens with zero attached hydrogens (tertiary/aromatic N) is 1. The van der Waals surface area contributed by atoms with Gasteiger partial charge in [-0.05, 0) is 12.1 Å². The molecule has 0 spiro atoms. The molecule has 0 aliphatic rings. The average molecular weight is 201 g/mol. The second-order valence-corrected chi connectivity index (χ2v) is 4.28. The van der Waals surface area contributed by atoms with Crippen molar-refractivity contribution >= 4 is 22.6 Å². The van der Waals surface area contributed by atoms with Crippen molar-refractivity contribution in [1.29, 1.82) is 0 Å². The Morgan fingerprint density at radius 2 is 1.54 bits per heavy atom. The van der Waals surface area contributed by atoms with E-state index in [4.69, 9.17) is 0 Å². The van der Waals surface area contributed by atoms with E-state index in [0.717, 1.165) is 6.26 Å². The molecule has 0 fully saturated rings. The highest BCUT2D eigenvalue weighted by Gasteiger charge is 2.14. The topological polar surface area (TPSA) is 73.2 Å². The summed E-state index contributed by atoms with van der Waals surface area (Å²) in [5.74, 6) is 0. The van der Waals surface area contributed by atoms with Gasteiger partial charge in [-0.15, -0.1) is 0 Å². The number of aldehydes is 2. The van der Waals surface area contributed by atoms with Gasteiger partial charge >= 0.3 is 0 Å². The molecule has 0 aliphatic carbocycles. The van der Waals surface area contributed by atoms with Crippen LogP contribution < -0.4 is 0 Å². The van der Waals surface area contributed by atoms with Crippen molar-refractivity contribution in [2.24, 2.45) is 0 Å². The second-order valence-electron chi connectivity index (χ2n) is 2.45. The molecule has 13 heavy (non-hydrogen) atoms. The number of rotatable bonds is 3. The predicted octanol–water partition coefficient (Wildman–Crippen LogP) is -0.0792. The fraction of sp³-hybridized carbons (Fsp3) is 0.143. The Morgan fingerprint density at radius 3 is 1.77 bits per heavy atom. The second kappa shape index (κ2) is 3.14. The van der Waals surface area contributed by atoms with Crippen LogP contribution in [0.3, 0.4) is 0 Å². The predicted molar refractivity (Wildman–Crippen MR) is 45.4 cm³/mol. The van der Waals surface area contributed by atoms with Crippen LogP contribution in [0.5, 0.6) is 0 Å². The largest absolute Gasteiger partial charge is 0.296 e. The minimum Gasteiger partial charge on any atom is -0.296 e. The first-order valence-electron chi connectivity index (χ1n) is 3.33. The third kappa shape index (κ3) is 1.67. The Labute approximate surface area is 75.0 Å². The molecule has 0 unspecified atom stereocenters. The van der Waals surface area contributed by atoms with Gasteiger partial charge in [-0.2, -0.15) is 0 Å². The lowest BCUT2D eigenvalue weighted by molar-refractivity contribution is 0.111. The molecule has 0 saturated heterocycles. The third-order valence-corrected chi connectivity index (χ3v) is 2.55. The summed E-state index contributed by atoms with van der Waals surface area (Å²) in [5, 5.41) is 0. The Hall–Kier alpha value is -1.43. The molecule has 0 N–H and O–H groups in total. The average Bonchev–Trinajstić information content (AvgIpc) is 2.45. The zero-order valence-electron chi connectivity index (χ0n) is 6.80. The van der Waals surface area contributed by atoms with Crippen LogP contribution in [0.2, 0.25) is 0 Å². The van der Waals surface area contributed by atoms with Crippen molar-refractivity contribution in [1.82, 2.24) is 3.97 Å². The van der Waals surface area contributed by atoms with Crippen LogP contribution in [0.1, 0.15) is 21.0 Å². The zero-order chi connectivity index (χ0) is 10.1. The van der Waals surface area contributed by atoms with E-state index < -0.39 is 10.0 Å². The van der Waals surface area contributed by atoms with E-state index in [2.05, 4.69) is 0 Å². The molecule has 0 aliphatic heterocycles. The Kier molecular flexibility index (Phi) is 2.33. The van der Waals surface area contributed by atoms with Gasteiger partial charge in [0.1, 0.15) is 0 Å². The van der Waals surface area contributed by atoms with Crippen molar-refractivity contribution in [2.45, 2.75) is 0 Å². The van der Waals surface area contributed by atoms with E-state index in [0.29, 0.717) is 16.5 Å². The first-order chi connectivity index (χ1) is 6.00. The van der Waals surface area contributed by atoms with Crippen molar-refractivity contribution in [3.8, 4) is 0 Å². The van der Waals surface area contributed by atoms with E-state index in [1.807, 2.05) is 0 Å². The van der Waals surface area contributed by atoms with Gasteiger partial charge in [-0.3, -0.25) is 9.59 Å². The van der Waals surface area contributed by atoms with Gasteiger partial charge in [-0.1, -0.05) is 0 Å². The molecule has 0 saturated carbocycles. The molecule has 0 bridgehead atoms. The molecule has 1 aromatic rings. The van der Waals surface area contributed by atoms with Crippen molar-refractivity contribution < 1.29 is 18.0 Å². The summed E-state index contributed by atoms with van der Waals surface area (Å²) < 4.78 is 22.9. The number of aromatic nitrogens is 1. The summed E-state index contributed by atoms with van der Waals surface area (Å²) >= 11 is 0. The number of hydrogen-bond donors (Lipinski definition) is 0. The fourth-order valence-corrected chi connectivity index (χ4v) is 1.99. The minimum atomic E-state index is -3.59. The molecule has 0 aromatic carbocycles. The lowest BCUT2D eigenvalue weighted by Crippen LogP contribution is -2.15. The summed E-state index contributed by atoms with van der Waals surface area (Å²) in [6.07, 6.45) is 1.69. The van der Waals surface area contributed by atoms with Crippen LogP contribution >= 0.6 is 0 Å². The Morgan fingerprint density at radius 1 is 1.15 bits per heavy atom. The van der Waals surface area contributed by atoms with Gasteiger partial charge < -0.3 is 0 Å². The molecule has 6 heteroatoms. The van der Waals surface area contributed by atoms with Gasteiger partial charge in [-0.25, -0.2) is 12.4 Å². The maximum absolute atomic E-state index is 11.1. The Balaban J connectivity index is 3.55. The lowest BCUT2D eigenvalue weighted by atomic mass is 10.4. The molecule has 0 atom stereocenters. The zero-order valence-corrected chi connectivity index (χ0v) is 7.61. The summed E-state index contributed by atoms with van der Waals surface area (Å²) in [7, 11) is -3.59. The van der Waals surface area contributed by atoms with E-state index >= 15 is 0 Å². The minimum absolute atomic E-state index is 0.0513. The molecule has 0 amide bonds. The van der Waals surface area contributed by atoms with Gasteiger partial charge in [0, 0.05) is 0 Å². The van der Waals surface area contributed by atoms with Crippen molar-refractivity contribution in [3.63, 3.8) is 0 Å². The standard InChI is InChI=1S/C7H7NO4S/c1-13(11,12)8-6(4-9)2-3-7(8)5-10/h2-5H,1H3. The van der Waals surface area contributed by atoms with Crippen LogP contribution in [0, 0.1) is 0 Å². The monoisotopic (exact) mass is 201 g/mol. The SMILES string of the molecule is CS(=O)(=O)n1c(C=O)ccc1C=O. The summed E-state index contributed by atoms with van der Waals surface area (Å²) in [6, 6.07) is 2.55. The fourth-order valence-electron chi connectivity index (χ4n) is 1.01. The van der Waals surface area contributed by atoms with E-state index in [9.17, 15) is 18.0 Å². The van der Waals surface area contributed by atoms with Gasteiger partial charge in [0.15, 0.2) is 12.6 Å². The molecule has 1 aromatic heterocycles.